The molecule has 0 bridgehead atoms. The highest BCUT2D eigenvalue weighted by Crippen LogP contribution is 2.33. The molecule has 0 aliphatic heterocycles. The zero-order valence-corrected chi connectivity index (χ0v) is 10.7. The lowest BCUT2D eigenvalue weighted by Crippen LogP contribution is -2.06. The lowest BCUT2D eigenvalue weighted by Gasteiger charge is -2.13. The van der Waals surface area contributed by atoms with E-state index < -0.39 is 6.10 Å². The first-order chi connectivity index (χ1) is 7.08. The number of hydrogen-bond donors (Lipinski definition) is 1. The number of methoxy groups -OCH3 is 2. The fourth-order valence-corrected chi connectivity index (χ4v) is 1.89. The molecule has 0 aliphatic carbocycles. The summed E-state index contributed by atoms with van der Waals surface area (Å²) in [6.07, 6.45) is 0.150. The van der Waals surface area contributed by atoms with E-state index >= 15 is 0 Å². The molecule has 84 valence electrons. The number of ether oxygens (including phenoxy) is 2. The SMILES string of the molecule is COc1cc(C[C@H](C)O)c(OC)cc1Br. The molecule has 15 heavy (non-hydrogen) atoms. The maximum atomic E-state index is 9.35. The van der Waals surface area contributed by atoms with Crippen LogP contribution in [0.2, 0.25) is 0 Å². The first-order valence-electron chi connectivity index (χ1n) is 4.67. The van der Waals surface area contributed by atoms with Crippen molar-refractivity contribution in [3.8, 4) is 11.5 Å². The van der Waals surface area contributed by atoms with Crippen molar-refractivity contribution in [3.05, 3.63) is 22.2 Å². The molecule has 0 aromatic heterocycles. The third-order valence-corrected chi connectivity index (χ3v) is 2.69. The second-order valence-corrected chi connectivity index (χ2v) is 4.21. The topological polar surface area (TPSA) is 38.7 Å². The van der Waals surface area contributed by atoms with Gasteiger partial charge in [0.05, 0.1) is 24.8 Å². The highest BCUT2D eigenvalue weighted by atomic mass is 79.9. The van der Waals surface area contributed by atoms with Crippen LogP contribution in [-0.4, -0.2) is 25.4 Å². The van der Waals surface area contributed by atoms with Gasteiger partial charge in [0, 0.05) is 12.0 Å². The molecule has 0 fully saturated rings. The molecule has 0 spiro atoms. The molecule has 1 atom stereocenters. The molecule has 0 aliphatic rings. The molecule has 1 aromatic carbocycles. The van der Waals surface area contributed by atoms with E-state index in [1.54, 1.807) is 21.1 Å². The van der Waals surface area contributed by atoms with E-state index in [0.29, 0.717) is 6.42 Å². The molecule has 0 amide bonds. The number of hydrogen-bond acceptors (Lipinski definition) is 3. The van der Waals surface area contributed by atoms with Crippen LogP contribution in [0.25, 0.3) is 0 Å². The monoisotopic (exact) mass is 274 g/mol. The minimum Gasteiger partial charge on any atom is -0.496 e. The minimum atomic E-state index is -0.398. The van der Waals surface area contributed by atoms with E-state index in [2.05, 4.69) is 15.9 Å². The number of rotatable bonds is 4. The van der Waals surface area contributed by atoms with Crippen LogP contribution in [0.3, 0.4) is 0 Å². The summed E-state index contributed by atoms with van der Waals surface area (Å²) < 4.78 is 11.3. The Morgan fingerprint density at radius 2 is 1.87 bits per heavy atom. The van der Waals surface area contributed by atoms with Gasteiger partial charge in [0.2, 0.25) is 0 Å². The van der Waals surface area contributed by atoms with Gasteiger partial charge in [0.25, 0.3) is 0 Å². The van der Waals surface area contributed by atoms with Gasteiger partial charge in [-0.3, -0.25) is 0 Å². The zero-order valence-electron chi connectivity index (χ0n) is 9.08. The Labute approximate surface area is 98.1 Å². The lowest BCUT2D eigenvalue weighted by atomic mass is 10.1. The number of aliphatic hydroxyl groups is 1. The first-order valence-corrected chi connectivity index (χ1v) is 5.46. The Bertz CT molecular complexity index is 337. The Kier molecular flexibility index (Phi) is 4.42. The lowest BCUT2D eigenvalue weighted by molar-refractivity contribution is 0.194. The van der Waals surface area contributed by atoms with E-state index in [1.165, 1.54) is 0 Å². The molecule has 0 radical (unpaired) electrons. The molecule has 1 rings (SSSR count). The second-order valence-electron chi connectivity index (χ2n) is 3.35. The van der Waals surface area contributed by atoms with Crippen molar-refractivity contribution in [1.29, 1.82) is 0 Å². The summed E-state index contributed by atoms with van der Waals surface area (Å²) in [7, 11) is 3.22. The van der Waals surface area contributed by atoms with Crippen molar-refractivity contribution in [2.45, 2.75) is 19.4 Å². The molecule has 1 N–H and O–H groups in total. The average molecular weight is 275 g/mol. The first kappa shape index (κ1) is 12.3. The van der Waals surface area contributed by atoms with Crippen molar-refractivity contribution >= 4 is 15.9 Å². The van der Waals surface area contributed by atoms with E-state index in [9.17, 15) is 5.11 Å². The van der Waals surface area contributed by atoms with Gasteiger partial charge in [-0.1, -0.05) is 0 Å². The molecule has 0 saturated heterocycles. The van der Waals surface area contributed by atoms with Gasteiger partial charge in [-0.2, -0.15) is 0 Å². The Morgan fingerprint density at radius 3 is 2.33 bits per heavy atom. The van der Waals surface area contributed by atoms with Crippen molar-refractivity contribution in [2.75, 3.05) is 14.2 Å². The van der Waals surface area contributed by atoms with Crippen LogP contribution in [0.5, 0.6) is 11.5 Å². The average Bonchev–Trinajstić information content (AvgIpc) is 2.19. The molecule has 3 nitrogen and oxygen atoms in total. The van der Waals surface area contributed by atoms with Crippen LogP contribution >= 0.6 is 15.9 Å². The predicted molar refractivity (Wildman–Crippen MR) is 62.6 cm³/mol. The van der Waals surface area contributed by atoms with Crippen LogP contribution in [0.4, 0.5) is 0 Å². The van der Waals surface area contributed by atoms with E-state index in [-0.39, 0.29) is 0 Å². The highest BCUT2D eigenvalue weighted by molar-refractivity contribution is 9.10. The van der Waals surface area contributed by atoms with Gasteiger partial charge in [-0.05, 0) is 35.0 Å². The summed E-state index contributed by atoms with van der Waals surface area (Å²) in [5, 5.41) is 9.35. The van der Waals surface area contributed by atoms with Gasteiger partial charge >= 0.3 is 0 Å². The normalized spacial score (nSPS) is 12.3. The van der Waals surface area contributed by atoms with Crippen LogP contribution in [-0.2, 0) is 6.42 Å². The van der Waals surface area contributed by atoms with E-state index in [1.807, 2.05) is 12.1 Å². The fourth-order valence-electron chi connectivity index (χ4n) is 1.40. The molecule has 4 heteroatoms. The summed E-state index contributed by atoms with van der Waals surface area (Å²) in [4.78, 5) is 0. The van der Waals surface area contributed by atoms with Crippen molar-refractivity contribution < 1.29 is 14.6 Å². The van der Waals surface area contributed by atoms with Gasteiger partial charge < -0.3 is 14.6 Å². The molecule has 0 heterocycles. The highest BCUT2D eigenvalue weighted by Gasteiger charge is 2.11. The summed E-state index contributed by atoms with van der Waals surface area (Å²) in [5.74, 6) is 1.50. The maximum absolute atomic E-state index is 9.35. The van der Waals surface area contributed by atoms with E-state index in [4.69, 9.17) is 9.47 Å². The van der Waals surface area contributed by atoms with E-state index in [0.717, 1.165) is 21.5 Å². The Morgan fingerprint density at radius 1 is 1.27 bits per heavy atom. The summed E-state index contributed by atoms with van der Waals surface area (Å²) in [6, 6.07) is 3.71. The molecular formula is C11H15BrO3. The fraction of sp³-hybridized carbons (Fsp3) is 0.455. The summed E-state index contributed by atoms with van der Waals surface area (Å²) in [6.45, 7) is 1.74. The predicted octanol–water partition coefficient (Wildman–Crippen LogP) is 2.39. The Balaban J connectivity index is 3.10. The minimum absolute atomic E-state index is 0.398. The zero-order chi connectivity index (χ0) is 11.4. The molecule has 0 unspecified atom stereocenters. The smallest absolute Gasteiger partial charge is 0.133 e. The van der Waals surface area contributed by atoms with Crippen LogP contribution in [0, 0.1) is 0 Å². The van der Waals surface area contributed by atoms with Gasteiger partial charge in [-0.15, -0.1) is 0 Å². The second kappa shape index (κ2) is 5.37. The van der Waals surface area contributed by atoms with Crippen LogP contribution in [0.1, 0.15) is 12.5 Å². The third-order valence-electron chi connectivity index (χ3n) is 2.07. The van der Waals surface area contributed by atoms with Gasteiger partial charge in [0.1, 0.15) is 11.5 Å². The van der Waals surface area contributed by atoms with Crippen molar-refractivity contribution in [1.82, 2.24) is 0 Å². The quantitative estimate of drug-likeness (QED) is 0.917. The van der Waals surface area contributed by atoms with Gasteiger partial charge in [-0.25, -0.2) is 0 Å². The van der Waals surface area contributed by atoms with Crippen molar-refractivity contribution in [3.63, 3.8) is 0 Å². The number of benzene rings is 1. The molecule has 1 aromatic rings. The standard InChI is InChI=1S/C11H15BrO3/c1-7(13)4-8-5-11(15-3)9(12)6-10(8)14-2/h5-7,13H,4H2,1-3H3/t7-/m0/s1. The number of halogens is 1. The number of aliphatic hydroxyl groups excluding tert-OH is 1. The Hall–Kier alpha value is -0.740. The largest absolute Gasteiger partial charge is 0.496 e. The maximum Gasteiger partial charge on any atom is 0.133 e. The van der Waals surface area contributed by atoms with Crippen molar-refractivity contribution in [2.24, 2.45) is 0 Å². The van der Waals surface area contributed by atoms with Crippen LogP contribution < -0.4 is 9.47 Å². The summed E-state index contributed by atoms with van der Waals surface area (Å²) in [5.41, 5.74) is 0.938. The molecular weight excluding hydrogens is 260 g/mol. The summed E-state index contributed by atoms with van der Waals surface area (Å²) >= 11 is 3.38. The van der Waals surface area contributed by atoms with Crippen LogP contribution in [0.15, 0.2) is 16.6 Å². The van der Waals surface area contributed by atoms with Gasteiger partial charge in [0.15, 0.2) is 0 Å². The molecule has 0 saturated carbocycles. The third kappa shape index (κ3) is 3.11.